The van der Waals surface area contributed by atoms with Crippen LogP contribution in [0.2, 0.25) is 0 Å². The molecule has 0 spiro atoms. The van der Waals surface area contributed by atoms with Gasteiger partial charge in [0.1, 0.15) is 6.61 Å². The molecule has 27 heavy (non-hydrogen) atoms. The van der Waals surface area contributed by atoms with E-state index in [0.717, 1.165) is 23.1 Å². The van der Waals surface area contributed by atoms with E-state index in [9.17, 15) is 4.79 Å². The molecule has 6 nitrogen and oxygen atoms in total. The lowest BCUT2D eigenvalue weighted by atomic mass is 10.1. The molecule has 6 heteroatoms. The van der Waals surface area contributed by atoms with Crippen LogP contribution in [0.3, 0.4) is 0 Å². The largest absolute Gasteiger partial charge is 0.485 e. The van der Waals surface area contributed by atoms with E-state index >= 15 is 0 Å². The molecule has 1 aliphatic rings. The highest BCUT2D eigenvalue weighted by Gasteiger charge is 2.26. The lowest BCUT2D eigenvalue weighted by molar-refractivity contribution is -0.130. The summed E-state index contributed by atoms with van der Waals surface area (Å²) in [6, 6.07) is 15.7. The minimum Gasteiger partial charge on any atom is -0.485 e. The van der Waals surface area contributed by atoms with E-state index in [4.69, 9.17) is 9.47 Å². The Bertz CT molecular complexity index is 934. The first kappa shape index (κ1) is 17.1. The first-order chi connectivity index (χ1) is 13.2. The maximum atomic E-state index is 12.3. The third-order valence-corrected chi connectivity index (χ3v) is 4.51. The molecule has 0 saturated heterocycles. The molecule has 0 aliphatic carbocycles. The summed E-state index contributed by atoms with van der Waals surface area (Å²) in [6.45, 7) is 0.773. The van der Waals surface area contributed by atoms with Crippen LogP contribution in [0.25, 0.3) is 11.1 Å². The van der Waals surface area contributed by atoms with Gasteiger partial charge in [0.2, 0.25) is 6.10 Å². The standard InChI is InChI=1S/C21H21N3O3/c1-24-13-17(12-23-24)16-8-6-15(7-9-16)10-11-22-21(25)20-14-26-18-4-2-3-5-19(18)27-20/h2-9,12-13,20H,10-11,14H2,1H3,(H,22,25). The zero-order chi connectivity index (χ0) is 18.6. The molecule has 138 valence electrons. The van der Waals surface area contributed by atoms with Crippen molar-refractivity contribution in [1.29, 1.82) is 0 Å². The Kier molecular flexibility index (Phi) is 4.78. The molecule has 1 amide bonds. The molecule has 2 heterocycles. The molecule has 1 unspecified atom stereocenters. The fourth-order valence-corrected chi connectivity index (χ4v) is 3.03. The van der Waals surface area contributed by atoms with Crippen LogP contribution < -0.4 is 14.8 Å². The van der Waals surface area contributed by atoms with E-state index in [1.54, 1.807) is 10.7 Å². The summed E-state index contributed by atoms with van der Waals surface area (Å²) in [6.07, 6.45) is 3.97. The molecule has 0 fully saturated rings. The summed E-state index contributed by atoms with van der Waals surface area (Å²) < 4.78 is 13.1. The molecule has 4 rings (SSSR count). The summed E-state index contributed by atoms with van der Waals surface area (Å²) >= 11 is 0. The SMILES string of the molecule is Cn1cc(-c2ccc(CCNC(=O)C3COc4ccccc4O3)cc2)cn1. The average Bonchev–Trinajstić information content (AvgIpc) is 3.14. The number of rotatable bonds is 5. The molecular weight excluding hydrogens is 342 g/mol. The number of carbonyl (C=O) groups is 1. The van der Waals surface area contributed by atoms with Gasteiger partial charge in [0.15, 0.2) is 11.5 Å². The van der Waals surface area contributed by atoms with Crippen LogP contribution in [0.4, 0.5) is 0 Å². The number of carbonyl (C=O) groups excluding carboxylic acids is 1. The van der Waals surface area contributed by atoms with E-state index in [1.165, 1.54) is 0 Å². The van der Waals surface area contributed by atoms with Crippen LogP contribution in [-0.4, -0.2) is 34.9 Å². The Morgan fingerprint density at radius 1 is 1.15 bits per heavy atom. The van der Waals surface area contributed by atoms with Gasteiger partial charge in [0.25, 0.3) is 5.91 Å². The molecule has 0 bridgehead atoms. The number of nitrogens with zero attached hydrogens (tertiary/aromatic N) is 2. The van der Waals surface area contributed by atoms with Crippen molar-refractivity contribution >= 4 is 5.91 Å². The number of hydrogen-bond acceptors (Lipinski definition) is 4. The second-order valence-electron chi connectivity index (χ2n) is 6.50. The maximum absolute atomic E-state index is 12.3. The van der Waals surface area contributed by atoms with Gasteiger partial charge in [0.05, 0.1) is 6.20 Å². The van der Waals surface area contributed by atoms with Gasteiger partial charge in [-0.1, -0.05) is 36.4 Å². The third kappa shape index (κ3) is 3.95. The number of para-hydroxylation sites is 2. The smallest absolute Gasteiger partial charge is 0.264 e. The summed E-state index contributed by atoms with van der Waals surface area (Å²) in [4.78, 5) is 12.3. The Balaban J connectivity index is 1.28. The van der Waals surface area contributed by atoms with Gasteiger partial charge in [-0.25, -0.2) is 0 Å². The quantitative estimate of drug-likeness (QED) is 0.757. The van der Waals surface area contributed by atoms with Crippen molar-refractivity contribution in [1.82, 2.24) is 15.1 Å². The highest BCUT2D eigenvalue weighted by Crippen LogP contribution is 2.30. The number of nitrogens with one attached hydrogen (secondary N) is 1. The van der Waals surface area contributed by atoms with E-state index in [0.29, 0.717) is 18.0 Å². The first-order valence-corrected chi connectivity index (χ1v) is 8.93. The van der Waals surface area contributed by atoms with Crippen LogP contribution in [0.1, 0.15) is 5.56 Å². The highest BCUT2D eigenvalue weighted by atomic mass is 16.6. The van der Waals surface area contributed by atoms with Crippen LogP contribution in [0, 0.1) is 0 Å². The van der Waals surface area contributed by atoms with Gasteiger partial charge in [-0.2, -0.15) is 5.10 Å². The summed E-state index contributed by atoms with van der Waals surface area (Å²) in [5.74, 6) is 1.13. The van der Waals surface area contributed by atoms with E-state index in [-0.39, 0.29) is 12.5 Å². The van der Waals surface area contributed by atoms with Crippen molar-refractivity contribution in [3.05, 3.63) is 66.5 Å². The number of hydrogen-bond donors (Lipinski definition) is 1. The topological polar surface area (TPSA) is 65.4 Å². The van der Waals surface area contributed by atoms with Gasteiger partial charge >= 0.3 is 0 Å². The number of aromatic nitrogens is 2. The molecule has 1 aromatic heterocycles. The van der Waals surface area contributed by atoms with Crippen molar-refractivity contribution in [3.63, 3.8) is 0 Å². The Morgan fingerprint density at radius 3 is 2.67 bits per heavy atom. The zero-order valence-electron chi connectivity index (χ0n) is 15.1. The van der Waals surface area contributed by atoms with Crippen molar-refractivity contribution in [2.24, 2.45) is 7.05 Å². The van der Waals surface area contributed by atoms with Gasteiger partial charge in [0, 0.05) is 25.4 Å². The third-order valence-electron chi connectivity index (χ3n) is 4.51. The molecule has 3 aromatic rings. The Hall–Kier alpha value is -3.28. The van der Waals surface area contributed by atoms with Crippen LogP contribution in [-0.2, 0) is 18.3 Å². The summed E-state index contributed by atoms with van der Waals surface area (Å²) in [5.41, 5.74) is 3.38. The predicted octanol–water partition coefficient (Wildman–Crippen LogP) is 2.59. The molecule has 0 saturated carbocycles. The second-order valence-corrected chi connectivity index (χ2v) is 6.50. The highest BCUT2D eigenvalue weighted by molar-refractivity contribution is 5.81. The van der Waals surface area contributed by atoms with E-state index < -0.39 is 6.10 Å². The lowest BCUT2D eigenvalue weighted by Crippen LogP contribution is -2.44. The molecule has 1 atom stereocenters. The number of fused-ring (bicyclic) bond motifs is 1. The first-order valence-electron chi connectivity index (χ1n) is 8.93. The molecular formula is C21H21N3O3. The lowest BCUT2D eigenvalue weighted by Gasteiger charge is -2.25. The number of amides is 1. The number of ether oxygens (including phenoxy) is 2. The monoisotopic (exact) mass is 363 g/mol. The normalized spacial score (nSPS) is 15.4. The minimum absolute atomic E-state index is 0.156. The molecule has 2 aromatic carbocycles. The fraction of sp³-hybridized carbons (Fsp3) is 0.238. The molecule has 0 radical (unpaired) electrons. The zero-order valence-corrected chi connectivity index (χ0v) is 15.1. The fourth-order valence-electron chi connectivity index (χ4n) is 3.03. The van der Waals surface area contributed by atoms with Gasteiger partial charge in [-0.15, -0.1) is 0 Å². The molecule has 1 N–H and O–H groups in total. The van der Waals surface area contributed by atoms with Crippen LogP contribution in [0.5, 0.6) is 11.5 Å². The van der Waals surface area contributed by atoms with E-state index in [2.05, 4.69) is 34.7 Å². The van der Waals surface area contributed by atoms with Crippen molar-refractivity contribution in [3.8, 4) is 22.6 Å². The Labute approximate surface area is 157 Å². The summed E-state index contributed by atoms with van der Waals surface area (Å²) in [7, 11) is 1.90. The van der Waals surface area contributed by atoms with Gasteiger partial charge in [-0.3, -0.25) is 9.48 Å². The number of benzene rings is 2. The molecule has 1 aliphatic heterocycles. The van der Waals surface area contributed by atoms with Gasteiger partial charge in [-0.05, 0) is 29.7 Å². The predicted molar refractivity (Wildman–Crippen MR) is 102 cm³/mol. The van der Waals surface area contributed by atoms with E-state index in [1.807, 2.05) is 37.6 Å². The Morgan fingerprint density at radius 2 is 1.93 bits per heavy atom. The van der Waals surface area contributed by atoms with Crippen molar-refractivity contribution in [2.75, 3.05) is 13.2 Å². The average molecular weight is 363 g/mol. The number of aryl methyl sites for hydroxylation is 1. The minimum atomic E-state index is -0.618. The second kappa shape index (κ2) is 7.53. The maximum Gasteiger partial charge on any atom is 0.264 e. The van der Waals surface area contributed by atoms with Crippen LogP contribution >= 0.6 is 0 Å². The van der Waals surface area contributed by atoms with Crippen LogP contribution in [0.15, 0.2) is 60.9 Å². The summed E-state index contributed by atoms with van der Waals surface area (Å²) in [5, 5.41) is 7.11. The van der Waals surface area contributed by atoms with Crippen molar-refractivity contribution < 1.29 is 14.3 Å². The van der Waals surface area contributed by atoms with Crippen molar-refractivity contribution in [2.45, 2.75) is 12.5 Å². The van der Waals surface area contributed by atoms with Gasteiger partial charge < -0.3 is 14.8 Å².